The van der Waals surface area contributed by atoms with Crippen molar-refractivity contribution in [2.75, 3.05) is 6.26 Å². The zero-order valence-corrected chi connectivity index (χ0v) is 12.0. The van der Waals surface area contributed by atoms with Gasteiger partial charge in [-0.3, -0.25) is 0 Å². The van der Waals surface area contributed by atoms with E-state index in [1.54, 1.807) is 19.9 Å². The molecule has 0 bridgehead atoms. The molecule has 106 valence electrons. The standard InChI is InChI=1S/C13H13NO5S/c1-7-4-9(20(3,17)18)5-10(8(7)2)12-6-11(13(15)16)14-19-12/h4-6H,1-3H3,(H,15,16). The first-order valence-corrected chi connectivity index (χ1v) is 7.61. The molecule has 2 aromatic rings. The summed E-state index contributed by atoms with van der Waals surface area (Å²) in [6.45, 7) is 3.58. The third-order valence-electron chi connectivity index (χ3n) is 3.06. The van der Waals surface area contributed by atoms with Crippen molar-refractivity contribution >= 4 is 15.8 Å². The van der Waals surface area contributed by atoms with Gasteiger partial charge in [0, 0.05) is 17.9 Å². The van der Waals surface area contributed by atoms with Gasteiger partial charge in [0.1, 0.15) is 0 Å². The van der Waals surface area contributed by atoms with Crippen molar-refractivity contribution in [3.05, 3.63) is 35.0 Å². The molecule has 0 aliphatic heterocycles. The number of nitrogens with zero attached hydrogens (tertiary/aromatic N) is 1. The van der Waals surface area contributed by atoms with Gasteiger partial charge in [-0.05, 0) is 37.1 Å². The quantitative estimate of drug-likeness (QED) is 0.930. The number of carboxylic acid groups (broad SMARTS) is 1. The van der Waals surface area contributed by atoms with E-state index in [1.807, 2.05) is 0 Å². The number of benzene rings is 1. The van der Waals surface area contributed by atoms with Crippen LogP contribution in [0.1, 0.15) is 21.6 Å². The van der Waals surface area contributed by atoms with Crippen LogP contribution < -0.4 is 0 Å². The van der Waals surface area contributed by atoms with Gasteiger partial charge in [0.2, 0.25) is 0 Å². The fourth-order valence-corrected chi connectivity index (χ4v) is 2.52. The number of carbonyl (C=O) groups is 1. The third kappa shape index (κ3) is 2.57. The molecule has 0 amide bonds. The van der Waals surface area contributed by atoms with Crippen LogP contribution in [0.2, 0.25) is 0 Å². The maximum atomic E-state index is 11.7. The Labute approximate surface area is 115 Å². The summed E-state index contributed by atoms with van der Waals surface area (Å²) in [4.78, 5) is 11.0. The molecule has 20 heavy (non-hydrogen) atoms. The summed E-state index contributed by atoms with van der Waals surface area (Å²) in [5, 5.41) is 12.3. The molecular formula is C13H13NO5S. The summed E-state index contributed by atoms with van der Waals surface area (Å²) in [7, 11) is -3.36. The number of aromatic carboxylic acids is 1. The molecule has 1 N–H and O–H groups in total. The molecule has 6 nitrogen and oxygen atoms in total. The second kappa shape index (κ2) is 4.75. The average molecular weight is 295 g/mol. The number of hydrogen-bond acceptors (Lipinski definition) is 5. The predicted octanol–water partition coefficient (Wildman–Crippen LogP) is 2.06. The van der Waals surface area contributed by atoms with Crippen molar-refractivity contribution in [3.63, 3.8) is 0 Å². The van der Waals surface area contributed by atoms with E-state index in [2.05, 4.69) is 5.16 Å². The van der Waals surface area contributed by atoms with Gasteiger partial charge in [-0.2, -0.15) is 0 Å². The Kier molecular flexibility index (Phi) is 3.39. The third-order valence-corrected chi connectivity index (χ3v) is 4.16. The molecule has 0 aliphatic rings. The number of aromatic nitrogens is 1. The maximum Gasteiger partial charge on any atom is 0.358 e. The van der Waals surface area contributed by atoms with Gasteiger partial charge in [-0.25, -0.2) is 13.2 Å². The summed E-state index contributed by atoms with van der Waals surface area (Å²) in [6.07, 6.45) is 1.12. The van der Waals surface area contributed by atoms with E-state index in [0.29, 0.717) is 5.56 Å². The monoisotopic (exact) mass is 295 g/mol. The van der Waals surface area contributed by atoms with E-state index in [4.69, 9.17) is 9.63 Å². The zero-order chi connectivity index (χ0) is 15.1. The highest BCUT2D eigenvalue weighted by Gasteiger charge is 2.18. The minimum Gasteiger partial charge on any atom is -0.476 e. The molecule has 1 heterocycles. The van der Waals surface area contributed by atoms with Crippen LogP contribution in [0, 0.1) is 13.8 Å². The van der Waals surface area contributed by atoms with E-state index in [1.165, 1.54) is 12.1 Å². The van der Waals surface area contributed by atoms with Gasteiger partial charge in [-0.15, -0.1) is 0 Å². The Morgan fingerprint density at radius 3 is 2.40 bits per heavy atom. The molecule has 1 aromatic carbocycles. The fraction of sp³-hybridized carbons (Fsp3) is 0.231. The highest BCUT2D eigenvalue weighted by molar-refractivity contribution is 7.90. The van der Waals surface area contributed by atoms with Gasteiger partial charge in [0.25, 0.3) is 0 Å². The van der Waals surface area contributed by atoms with E-state index < -0.39 is 15.8 Å². The Hall–Kier alpha value is -2.15. The SMILES string of the molecule is Cc1cc(S(C)(=O)=O)cc(-c2cc(C(=O)O)no2)c1C. The van der Waals surface area contributed by atoms with Crippen LogP contribution in [0.4, 0.5) is 0 Å². The largest absolute Gasteiger partial charge is 0.476 e. The summed E-state index contributed by atoms with van der Waals surface area (Å²) >= 11 is 0. The number of hydrogen-bond donors (Lipinski definition) is 1. The van der Waals surface area contributed by atoms with Gasteiger partial charge >= 0.3 is 5.97 Å². The minimum atomic E-state index is -3.36. The van der Waals surface area contributed by atoms with Gasteiger partial charge < -0.3 is 9.63 Å². The Morgan fingerprint density at radius 2 is 1.90 bits per heavy atom. The second-order valence-electron chi connectivity index (χ2n) is 4.57. The number of carboxylic acids is 1. The van der Waals surface area contributed by atoms with Crippen molar-refractivity contribution in [2.45, 2.75) is 18.7 Å². The van der Waals surface area contributed by atoms with Crippen LogP contribution in [-0.2, 0) is 9.84 Å². The molecule has 0 radical (unpaired) electrons. The Bertz CT molecular complexity index is 789. The van der Waals surface area contributed by atoms with E-state index in [9.17, 15) is 13.2 Å². The molecule has 0 fully saturated rings. The van der Waals surface area contributed by atoms with Crippen molar-refractivity contribution in [3.8, 4) is 11.3 Å². The van der Waals surface area contributed by atoms with Crippen molar-refractivity contribution in [2.24, 2.45) is 0 Å². The highest BCUT2D eigenvalue weighted by atomic mass is 32.2. The van der Waals surface area contributed by atoms with Gasteiger partial charge in [0.05, 0.1) is 4.90 Å². The molecule has 7 heteroatoms. The number of aryl methyl sites for hydroxylation is 1. The number of sulfone groups is 1. The minimum absolute atomic E-state index is 0.156. The average Bonchev–Trinajstić information content (AvgIpc) is 2.80. The van der Waals surface area contributed by atoms with Crippen molar-refractivity contribution < 1.29 is 22.8 Å². The molecule has 0 unspecified atom stereocenters. The van der Waals surface area contributed by atoms with Gasteiger partial charge in [-0.1, -0.05) is 5.16 Å². The lowest BCUT2D eigenvalue weighted by Gasteiger charge is -2.08. The highest BCUT2D eigenvalue weighted by Crippen LogP contribution is 2.29. The smallest absolute Gasteiger partial charge is 0.358 e. The summed E-state index contributed by atoms with van der Waals surface area (Å²) in [5.41, 5.74) is 1.88. The van der Waals surface area contributed by atoms with E-state index in [0.717, 1.165) is 17.4 Å². The summed E-state index contributed by atoms with van der Waals surface area (Å²) in [6, 6.07) is 4.31. The molecule has 0 saturated carbocycles. The van der Waals surface area contributed by atoms with E-state index >= 15 is 0 Å². The Balaban J connectivity index is 2.66. The van der Waals surface area contributed by atoms with Crippen LogP contribution in [0.5, 0.6) is 0 Å². The zero-order valence-electron chi connectivity index (χ0n) is 11.2. The first-order chi connectivity index (χ1) is 9.20. The van der Waals surface area contributed by atoms with Crippen LogP contribution >= 0.6 is 0 Å². The molecule has 2 rings (SSSR count). The summed E-state index contributed by atoms with van der Waals surface area (Å²) in [5.74, 6) is -0.970. The van der Waals surface area contributed by atoms with Crippen molar-refractivity contribution in [1.29, 1.82) is 0 Å². The Morgan fingerprint density at radius 1 is 1.25 bits per heavy atom. The summed E-state index contributed by atoms with van der Waals surface area (Å²) < 4.78 is 28.3. The van der Waals surface area contributed by atoms with Gasteiger partial charge in [0.15, 0.2) is 21.3 Å². The second-order valence-corrected chi connectivity index (χ2v) is 6.58. The fourth-order valence-electron chi connectivity index (χ4n) is 1.80. The molecule has 0 saturated heterocycles. The van der Waals surface area contributed by atoms with Crippen molar-refractivity contribution in [1.82, 2.24) is 5.16 Å². The molecule has 0 spiro atoms. The van der Waals surface area contributed by atoms with E-state index in [-0.39, 0.29) is 16.3 Å². The first-order valence-electron chi connectivity index (χ1n) is 5.72. The molecule has 1 aromatic heterocycles. The lowest BCUT2D eigenvalue weighted by molar-refractivity contribution is 0.0686. The number of rotatable bonds is 3. The molecule has 0 aliphatic carbocycles. The molecule has 0 atom stereocenters. The first kappa shape index (κ1) is 14.3. The lowest BCUT2D eigenvalue weighted by Crippen LogP contribution is -2.00. The molecular weight excluding hydrogens is 282 g/mol. The van der Waals surface area contributed by atoms with Crippen LogP contribution in [0.3, 0.4) is 0 Å². The topological polar surface area (TPSA) is 97.5 Å². The lowest BCUT2D eigenvalue weighted by atomic mass is 10.0. The normalized spacial score (nSPS) is 11.6. The maximum absolute atomic E-state index is 11.7. The predicted molar refractivity (Wildman–Crippen MR) is 71.5 cm³/mol. The van der Waals surface area contributed by atoms with Crippen LogP contribution in [-0.4, -0.2) is 30.9 Å². The van der Waals surface area contributed by atoms with Crippen LogP contribution in [0.15, 0.2) is 27.6 Å². The van der Waals surface area contributed by atoms with Crippen LogP contribution in [0.25, 0.3) is 11.3 Å².